The lowest BCUT2D eigenvalue weighted by molar-refractivity contribution is -0.140. The second-order valence-corrected chi connectivity index (χ2v) is 13.9. The van der Waals surface area contributed by atoms with Crippen molar-refractivity contribution in [1.29, 1.82) is 0 Å². The van der Waals surface area contributed by atoms with E-state index in [0.29, 0.717) is 41.9 Å². The Balaban J connectivity index is 1.49. The molecule has 4 aliphatic carbocycles. The SMILES string of the molecule is CCN1C(=O)C(C)C(C2C3CC(C(=O)C(C)(C)C)C(C3)C2C2C3CC(C(=O)CCO)C(C3)C2C)C1=O. The number of fused-ring (bicyclic) bond motifs is 4. The second-order valence-electron chi connectivity index (χ2n) is 13.9. The van der Waals surface area contributed by atoms with Crippen molar-refractivity contribution in [2.45, 2.75) is 73.6 Å². The van der Waals surface area contributed by atoms with Crippen LogP contribution in [0, 0.1) is 76.4 Å². The maximum absolute atomic E-state index is 13.6. The summed E-state index contributed by atoms with van der Waals surface area (Å²) in [4.78, 5) is 54.4. The number of rotatable bonds is 7. The van der Waals surface area contributed by atoms with Gasteiger partial charge in [-0.15, -0.1) is 0 Å². The Hall–Kier alpha value is -1.56. The van der Waals surface area contributed by atoms with E-state index >= 15 is 0 Å². The van der Waals surface area contributed by atoms with Gasteiger partial charge in [0.2, 0.25) is 11.8 Å². The molecule has 0 spiro atoms. The van der Waals surface area contributed by atoms with E-state index in [1.54, 1.807) is 0 Å². The molecule has 0 aromatic rings. The molecule has 4 saturated carbocycles. The molecule has 36 heavy (non-hydrogen) atoms. The number of hydrogen-bond donors (Lipinski definition) is 1. The summed E-state index contributed by atoms with van der Waals surface area (Å²) in [7, 11) is 0. The van der Waals surface area contributed by atoms with Gasteiger partial charge in [0.05, 0.1) is 5.92 Å². The fraction of sp³-hybridized carbons (Fsp3) is 0.867. The van der Waals surface area contributed by atoms with E-state index in [2.05, 4.69) is 6.92 Å². The average Bonchev–Trinajstić information content (AvgIpc) is 3.60. The Labute approximate surface area is 215 Å². The fourth-order valence-electron chi connectivity index (χ4n) is 10.1. The minimum Gasteiger partial charge on any atom is -0.396 e. The molecule has 1 saturated heterocycles. The van der Waals surface area contributed by atoms with Crippen molar-refractivity contribution in [3.05, 3.63) is 0 Å². The van der Waals surface area contributed by atoms with Crippen molar-refractivity contribution >= 4 is 23.4 Å². The minimum absolute atomic E-state index is 0.00283. The molecule has 4 bridgehead atoms. The highest BCUT2D eigenvalue weighted by molar-refractivity contribution is 6.05. The topological polar surface area (TPSA) is 91.8 Å². The summed E-state index contributed by atoms with van der Waals surface area (Å²) in [6, 6.07) is 0. The number of aliphatic hydroxyl groups is 1. The summed E-state index contributed by atoms with van der Waals surface area (Å²) in [5.41, 5.74) is -0.386. The summed E-state index contributed by atoms with van der Waals surface area (Å²) < 4.78 is 0. The molecule has 1 aliphatic heterocycles. The lowest BCUT2D eigenvalue weighted by atomic mass is 9.56. The highest BCUT2D eigenvalue weighted by Crippen LogP contribution is 2.68. The summed E-state index contributed by atoms with van der Waals surface area (Å²) in [5, 5.41) is 9.33. The fourth-order valence-corrected chi connectivity index (χ4v) is 10.1. The molecule has 6 nitrogen and oxygen atoms in total. The van der Waals surface area contributed by atoms with Crippen LogP contribution >= 0.6 is 0 Å². The summed E-state index contributed by atoms with van der Waals surface area (Å²) in [6.07, 6.45) is 4.01. The first-order valence-corrected chi connectivity index (χ1v) is 14.4. The largest absolute Gasteiger partial charge is 0.396 e. The smallest absolute Gasteiger partial charge is 0.233 e. The van der Waals surface area contributed by atoms with Gasteiger partial charge in [0.1, 0.15) is 11.6 Å². The van der Waals surface area contributed by atoms with Gasteiger partial charge in [0.15, 0.2) is 0 Å². The molecule has 5 fully saturated rings. The van der Waals surface area contributed by atoms with E-state index in [1.807, 2.05) is 34.6 Å². The van der Waals surface area contributed by atoms with Gasteiger partial charge >= 0.3 is 0 Å². The number of amides is 2. The highest BCUT2D eigenvalue weighted by atomic mass is 16.3. The number of nitrogens with zero attached hydrogens (tertiary/aromatic N) is 1. The van der Waals surface area contributed by atoms with Crippen LogP contribution in [-0.2, 0) is 19.2 Å². The zero-order valence-corrected chi connectivity index (χ0v) is 22.9. The molecular weight excluding hydrogens is 454 g/mol. The van der Waals surface area contributed by atoms with Crippen molar-refractivity contribution < 1.29 is 24.3 Å². The quantitative estimate of drug-likeness (QED) is 0.535. The lowest BCUT2D eigenvalue weighted by Crippen LogP contribution is -2.47. The summed E-state index contributed by atoms with van der Waals surface area (Å²) in [6.45, 7) is 12.5. The molecule has 5 rings (SSSR count). The van der Waals surface area contributed by atoms with Gasteiger partial charge < -0.3 is 5.11 Å². The van der Waals surface area contributed by atoms with Crippen LogP contribution in [0.4, 0.5) is 0 Å². The second kappa shape index (κ2) is 9.03. The molecule has 1 heterocycles. The van der Waals surface area contributed by atoms with Crippen molar-refractivity contribution in [3.8, 4) is 0 Å². The zero-order chi connectivity index (χ0) is 26.3. The Morgan fingerprint density at radius 1 is 0.889 bits per heavy atom. The Kier molecular flexibility index (Phi) is 6.53. The Morgan fingerprint density at radius 3 is 2.06 bits per heavy atom. The maximum atomic E-state index is 13.6. The standard InChI is InChI=1S/C30H45NO5/c1-7-31-28(35)15(3)24(29(31)36)25-17-12-20(21(13-17)27(34)30(4,5)6)26(25)23-14(2)18-10-16(23)11-19(18)22(33)8-9-32/h14-21,23-26,32H,7-13H2,1-6H3. The van der Waals surface area contributed by atoms with E-state index in [1.165, 1.54) is 4.90 Å². The number of aliphatic hydroxyl groups excluding tert-OH is 1. The van der Waals surface area contributed by atoms with Crippen LogP contribution in [0.1, 0.15) is 73.6 Å². The van der Waals surface area contributed by atoms with Crippen LogP contribution in [0.3, 0.4) is 0 Å². The lowest BCUT2D eigenvalue weighted by Gasteiger charge is -2.47. The molecule has 0 radical (unpaired) electrons. The normalized spacial score (nSPS) is 45.8. The van der Waals surface area contributed by atoms with Gasteiger partial charge in [0, 0.05) is 42.7 Å². The van der Waals surface area contributed by atoms with Crippen LogP contribution < -0.4 is 0 Å². The average molecular weight is 500 g/mol. The molecule has 12 atom stereocenters. The van der Waals surface area contributed by atoms with E-state index in [0.717, 1.165) is 25.7 Å². The molecule has 5 aliphatic rings. The van der Waals surface area contributed by atoms with Crippen LogP contribution in [0.25, 0.3) is 0 Å². The number of Topliss-reactive ketones (excluding diaryl/α,β-unsaturated/α-hetero) is 2. The molecule has 6 heteroatoms. The van der Waals surface area contributed by atoms with E-state index in [-0.39, 0.29) is 77.5 Å². The summed E-state index contributed by atoms with van der Waals surface area (Å²) in [5.74, 6) is 2.55. The first kappa shape index (κ1) is 26.1. The number of hydrogen-bond acceptors (Lipinski definition) is 5. The maximum Gasteiger partial charge on any atom is 0.233 e. The third-order valence-electron chi connectivity index (χ3n) is 11.4. The van der Waals surface area contributed by atoms with Gasteiger partial charge in [-0.25, -0.2) is 0 Å². The number of carbonyl (C=O) groups is 4. The van der Waals surface area contributed by atoms with Crippen molar-refractivity contribution in [2.24, 2.45) is 76.4 Å². The minimum atomic E-state index is -0.386. The molecular formula is C30H45NO5. The van der Waals surface area contributed by atoms with E-state index < -0.39 is 0 Å². The molecule has 12 unspecified atom stereocenters. The van der Waals surface area contributed by atoms with Gasteiger partial charge in [-0.3, -0.25) is 24.1 Å². The van der Waals surface area contributed by atoms with Crippen molar-refractivity contribution in [1.82, 2.24) is 4.90 Å². The van der Waals surface area contributed by atoms with Crippen molar-refractivity contribution in [3.63, 3.8) is 0 Å². The number of carbonyl (C=O) groups excluding carboxylic acids is 4. The molecule has 200 valence electrons. The monoisotopic (exact) mass is 499 g/mol. The van der Waals surface area contributed by atoms with Crippen LogP contribution in [0.15, 0.2) is 0 Å². The van der Waals surface area contributed by atoms with E-state index in [9.17, 15) is 24.3 Å². The van der Waals surface area contributed by atoms with Crippen LogP contribution in [0.5, 0.6) is 0 Å². The highest BCUT2D eigenvalue weighted by Gasteiger charge is 2.66. The molecule has 1 N–H and O–H groups in total. The summed E-state index contributed by atoms with van der Waals surface area (Å²) >= 11 is 0. The van der Waals surface area contributed by atoms with Gasteiger partial charge in [-0.2, -0.15) is 0 Å². The first-order chi connectivity index (χ1) is 16.9. The molecule has 0 aromatic carbocycles. The van der Waals surface area contributed by atoms with Gasteiger partial charge in [-0.1, -0.05) is 34.6 Å². The van der Waals surface area contributed by atoms with Crippen molar-refractivity contribution in [2.75, 3.05) is 13.2 Å². The van der Waals surface area contributed by atoms with Crippen LogP contribution in [-0.4, -0.2) is 46.5 Å². The number of likely N-dealkylation sites (tertiary alicyclic amines) is 1. The molecule has 2 amide bonds. The van der Waals surface area contributed by atoms with Gasteiger partial charge in [-0.05, 0) is 80.0 Å². The van der Waals surface area contributed by atoms with E-state index in [4.69, 9.17) is 0 Å². The Bertz CT molecular complexity index is 949. The third-order valence-corrected chi connectivity index (χ3v) is 11.4. The first-order valence-electron chi connectivity index (χ1n) is 14.4. The van der Waals surface area contributed by atoms with Crippen LogP contribution in [0.2, 0.25) is 0 Å². The zero-order valence-electron chi connectivity index (χ0n) is 22.9. The Morgan fingerprint density at radius 2 is 1.50 bits per heavy atom. The predicted octanol–water partition coefficient (Wildman–Crippen LogP) is 3.99. The predicted molar refractivity (Wildman–Crippen MR) is 135 cm³/mol. The number of ketones is 2. The molecule has 0 aromatic heterocycles. The number of imide groups is 1. The third kappa shape index (κ3) is 3.67. The van der Waals surface area contributed by atoms with Gasteiger partial charge in [0.25, 0.3) is 0 Å².